The molecule has 0 radical (unpaired) electrons. The minimum Gasteiger partial charge on any atom is -0.453 e. The maximum atomic E-state index is 12.4. The van der Waals surface area contributed by atoms with E-state index in [-0.39, 0.29) is 28.9 Å². The average Bonchev–Trinajstić information content (AvgIpc) is 2.66. The number of carbonyl (C=O) groups excluding carboxylic acids is 1. The van der Waals surface area contributed by atoms with Gasteiger partial charge in [-0.15, -0.1) is 0 Å². The number of aryl methyl sites for hydroxylation is 1. The van der Waals surface area contributed by atoms with E-state index in [0.717, 1.165) is 12.0 Å². The average molecular weight is 377 g/mol. The van der Waals surface area contributed by atoms with Crippen LogP contribution in [0, 0.1) is 18.8 Å². The molecule has 0 aromatic heterocycles. The normalized spacial score (nSPS) is 25.3. The molecule has 4 rings (SSSR count). The molecule has 8 heteroatoms. The number of ether oxygens (including phenoxy) is 1. The number of nitrogens with one attached hydrogen (secondary N) is 1. The summed E-state index contributed by atoms with van der Waals surface area (Å²) in [7, 11) is -2.36. The molecule has 2 bridgehead atoms. The van der Waals surface area contributed by atoms with Crippen molar-refractivity contribution in [2.45, 2.75) is 31.2 Å². The number of amides is 1. The summed E-state index contributed by atoms with van der Waals surface area (Å²) >= 11 is 0. The van der Waals surface area contributed by atoms with Crippen molar-refractivity contribution in [2.75, 3.05) is 13.7 Å². The maximum Gasteiger partial charge on any atom is 0.410 e. The van der Waals surface area contributed by atoms with Gasteiger partial charge in [0.2, 0.25) is 0 Å². The van der Waals surface area contributed by atoms with E-state index >= 15 is 0 Å². The first-order chi connectivity index (χ1) is 12.3. The Morgan fingerprint density at radius 1 is 1.27 bits per heavy atom. The highest BCUT2D eigenvalue weighted by Crippen LogP contribution is 2.35. The highest BCUT2D eigenvalue weighted by molar-refractivity contribution is 7.89. The number of fused-ring (bicyclic) bond motifs is 2. The molecule has 3 atom stereocenters. The summed E-state index contributed by atoms with van der Waals surface area (Å²) in [5.41, 5.74) is 1.63. The van der Waals surface area contributed by atoms with E-state index in [9.17, 15) is 13.2 Å². The number of hydrazone groups is 1. The van der Waals surface area contributed by atoms with Crippen molar-refractivity contribution >= 4 is 21.8 Å². The summed E-state index contributed by atoms with van der Waals surface area (Å²) in [6.45, 7) is 4.30. The third-order valence-corrected chi connectivity index (χ3v) is 6.18. The molecule has 3 unspecified atom stereocenters. The lowest BCUT2D eigenvalue weighted by atomic mass is 9.76. The standard InChI is InChI=1S/C18H23N3O4S/c1-12-4-7-15(8-5-12)26(23,24)20-19-13(2)16-10-14-6-9-17(16)21(11-14)18(22)25-3/h4-9,14,16-17,20H,10-11H2,1-3H3. The molecule has 1 aromatic rings. The Bertz CT molecular complexity index is 846. The van der Waals surface area contributed by atoms with Crippen molar-refractivity contribution in [3.05, 3.63) is 42.0 Å². The number of sulfonamides is 1. The first-order valence-electron chi connectivity index (χ1n) is 8.47. The summed E-state index contributed by atoms with van der Waals surface area (Å²) in [6, 6.07) is 6.41. The zero-order valence-corrected chi connectivity index (χ0v) is 15.9. The molecular formula is C18H23N3O4S. The lowest BCUT2D eigenvalue weighted by Gasteiger charge is -2.45. The Morgan fingerprint density at radius 2 is 1.96 bits per heavy atom. The van der Waals surface area contributed by atoms with Crippen molar-refractivity contribution in [1.82, 2.24) is 9.73 Å². The van der Waals surface area contributed by atoms with Gasteiger partial charge in [0.15, 0.2) is 0 Å². The molecule has 1 fully saturated rings. The second-order valence-electron chi connectivity index (χ2n) is 6.76. The van der Waals surface area contributed by atoms with Crippen molar-refractivity contribution in [3.63, 3.8) is 0 Å². The van der Waals surface area contributed by atoms with E-state index in [2.05, 4.69) is 16.0 Å². The Kier molecular flexibility index (Phi) is 5.04. The number of methoxy groups -OCH3 is 1. The highest BCUT2D eigenvalue weighted by Gasteiger charge is 2.41. The van der Waals surface area contributed by atoms with Crippen LogP contribution in [0.3, 0.4) is 0 Å². The number of nitrogens with zero attached hydrogens (tertiary/aromatic N) is 2. The minimum absolute atomic E-state index is 0.0430. The van der Waals surface area contributed by atoms with Crippen LogP contribution in [0.4, 0.5) is 4.79 Å². The van der Waals surface area contributed by atoms with E-state index in [4.69, 9.17) is 4.74 Å². The van der Waals surface area contributed by atoms with E-state index < -0.39 is 10.0 Å². The molecule has 0 saturated carbocycles. The quantitative estimate of drug-likeness (QED) is 0.495. The monoisotopic (exact) mass is 377 g/mol. The van der Waals surface area contributed by atoms with Crippen molar-refractivity contribution < 1.29 is 17.9 Å². The largest absolute Gasteiger partial charge is 0.453 e. The first-order valence-corrected chi connectivity index (χ1v) is 9.95. The fourth-order valence-electron chi connectivity index (χ4n) is 3.50. The molecular weight excluding hydrogens is 354 g/mol. The van der Waals surface area contributed by atoms with Crippen LogP contribution in [0.15, 0.2) is 46.4 Å². The fourth-order valence-corrected chi connectivity index (χ4v) is 4.36. The van der Waals surface area contributed by atoms with Gasteiger partial charge in [0.05, 0.1) is 18.0 Å². The molecule has 1 aliphatic carbocycles. The second-order valence-corrected chi connectivity index (χ2v) is 8.42. The number of rotatable bonds is 4. The summed E-state index contributed by atoms with van der Waals surface area (Å²) in [4.78, 5) is 16.1. The Morgan fingerprint density at radius 3 is 2.58 bits per heavy atom. The molecule has 1 N–H and O–H groups in total. The Labute approximate surface area is 153 Å². The van der Waals surface area contributed by atoms with Gasteiger partial charge >= 0.3 is 6.09 Å². The van der Waals surface area contributed by atoms with Gasteiger partial charge in [0.1, 0.15) is 0 Å². The molecule has 7 nitrogen and oxygen atoms in total. The van der Waals surface area contributed by atoms with Crippen LogP contribution in [-0.4, -0.2) is 44.8 Å². The van der Waals surface area contributed by atoms with Crippen molar-refractivity contribution in [2.24, 2.45) is 16.9 Å². The predicted molar refractivity (Wildman–Crippen MR) is 98.2 cm³/mol. The first kappa shape index (κ1) is 18.4. The summed E-state index contributed by atoms with van der Waals surface area (Å²) in [5.74, 6) is 0.182. The number of hydrogen-bond acceptors (Lipinski definition) is 5. The fraction of sp³-hybridized carbons (Fsp3) is 0.444. The second kappa shape index (κ2) is 7.11. The van der Waals surface area contributed by atoms with Crippen LogP contribution >= 0.6 is 0 Å². The van der Waals surface area contributed by atoms with E-state index in [0.29, 0.717) is 12.3 Å². The molecule has 1 aromatic carbocycles. The van der Waals surface area contributed by atoms with Gasteiger partial charge in [0.25, 0.3) is 10.0 Å². The Balaban J connectivity index is 1.76. The molecule has 3 aliphatic rings. The van der Waals surface area contributed by atoms with E-state index in [1.807, 2.05) is 13.0 Å². The molecule has 0 spiro atoms. The number of piperidine rings is 1. The lowest BCUT2D eigenvalue weighted by molar-refractivity contribution is 0.0751. The van der Waals surface area contributed by atoms with E-state index in [1.165, 1.54) is 7.11 Å². The predicted octanol–water partition coefficient (Wildman–Crippen LogP) is 2.29. The number of benzene rings is 1. The van der Waals surface area contributed by atoms with Crippen molar-refractivity contribution in [3.8, 4) is 0 Å². The number of carbonyl (C=O) groups is 1. The van der Waals surface area contributed by atoms with Crippen LogP contribution in [0.1, 0.15) is 18.9 Å². The molecule has 1 amide bonds. The molecule has 2 heterocycles. The minimum atomic E-state index is -3.72. The summed E-state index contributed by atoms with van der Waals surface area (Å²) < 4.78 is 29.6. The topological polar surface area (TPSA) is 88.1 Å². The zero-order chi connectivity index (χ0) is 18.9. The van der Waals surface area contributed by atoms with Crippen LogP contribution in [0.5, 0.6) is 0 Å². The Hall–Kier alpha value is -2.35. The third kappa shape index (κ3) is 3.60. The molecule has 140 valence electrons. The molecule has 2 aliphatic heterocycles. The SMILES string of the molecule is COC(=O)N1CC2C=CC1C(C(C)=NNS(=O)(=O)c1ccc(C)cc1)C2. The lowest BCUT2D eigenvalue weighted by Crippen LogP contribution is -2.54. The van der Waals surface area contributed by atoms with Crippen LogP contribution < -0.4 is 4.83 Å². The maximum absolute atomic E-state index is 12.4. The highest BCUT2D eigenvalue weighted by atomic mass is 32.2. The summed E-state index contributed by atoms with van der Waals surface area (Å²) in [6.07, 6.45) is 4.54. The molecule has 26 heavy (non-hydrogen) atoms. The molecule has 1 saturated heterocycles. The smallest absolute Gasteiger partial charge is 0.410 e. The zero-order valence-electron chi connectivity index (χ0n) is 15.0. The van der Waals surface area contributed by atoms with Gasteiger partial charge in [-0.2, -0.15) is 13.5 Å². The van der Waals surface area contributed by atoms with Gasteiger partial charge in [-0.1, -0.05) is 29.8 Å². The van der Waals surface area contributed by atoms with Gasteiger partial charge in [-0.3, -0.25) is 0 Å². The van der Waals surface area contributed by atoms with Gasteiger partial charge in [-0.25, -0.2) is 9.63 Å². The van der Waals surface area contributed by atoms with Gasteiger partial charge in [-0.05, 0) is 38.3 Å². The third-order valence-electron chi connectivity index (χ3n) is 4.96. The van der Waals surface area contributed by atoms with E-state index in [1.54, 1.807) is 36.1 Å². The van der Waals surface area contributed by atoms with Crippen molar-refractivity contribution in [1.29, 1.82) is 0 Å². The van der Waals surface area contributed by atoms with Gasteiger partial charge in [0, 0.05) is 18.2 Å². The van der Waals surface area contributed by atoms with Crippen LogP contribution in [-0.2, 0) is 14.8 Å². The van der Waals surface area contributed by atoms with Crippen LogP contribution in [0.25, 0.3) is 0 Å². The number of hydrogen-bond donors (Lipinski definition) is 1. The summed E-state index contributed by atoms with van der Waals surface area (Å²) in [5, 5.41) is 4.12. The van der Waals surface area contributed by atoms with Crippen LogP contribution in [0.2, 0.25) is 0 Å². The van der Waals surface area contributed by atoms with Gasteiger partial charge < -0.3 is 9.64 Å².